The van der Waals surface area contributed by atoms with E-state index in [9.17, 15) is 29.5 Å². The van der Waals surface area contributed by atoms with Crippen LogP contribution in [0, 0.1) is 40.9 Å². The van der Waals surface area contributed by atoms with Crippen molar-refractivity contribution < 1.29 is 34.3 Å². The number of benzene rings is 2. The third-order valence-electron chi connectivity index (χ3n) is 11.8. The molecule has 0 aromatic heterocycles. The number of aliphatic hydroxyl groups excluding tert-OH is 1. The Hall–Kier alpha value is -2.92. The summed E-state index contributed by atoms with van der Waals surface area (Å²) in [5.74, 6) is -0.765. The van der Waals surface area contributed by atoms with Gasteiger partial charge in [0, 0.05) is 39.3 Å². The van der Waals surface area contributed by atoms with Crippen LogP contribution in [0.3, 0.4) is 0 Å². The van der Waals surface area contributed by atoms with Crippen molar-refractivity contribution >= 4 is 47.7 Å². The van der Waals surface area contributed by atoms with Crippen molar-refractivity contribution in [2.75, 3.05) is 11.1 Å². The first-order chi connectivity index (χ1) is 21.7. The Bertz CT molecular complexity index is 1530. The highest BCUT2D eigenvalue weighted by molar-refractivity contribution is 8.00. The summed E-state index contributed by atoms with van der Waals surface area (Å²) in [6.45, 7) is 14.2. The van der Waals surface area contributed by atoms with Crippen LogP contribution in [-0.2, 0) is 14.3 Å². The molecule has 5 rings (SSSR count). The number of carbonyl (C=O) groups excluding carboxylic acids is 3. The van der Waals surface area contributed by atoms with Gasteiger partial charge in [-0.15, -0.1) is 18.3 Å². The van der Waals surface area contributed by atoms with E-state index in [4.69, 9.17) is 4.74 Å². The van der Waals surface area contributed by atoms with Gasteiger partial charge in [0.2, 0.25) is 0 Å². The van der Waals surface area contributed by atoms with Crippen LogP contribution in [0.2, 0.25) is 0 Å². The molecule has 0 aliphatic heterocycles. The summed E-state index contributed by atoms with van der Waals surface area (Å²) < 4.78 is 6.35. The van der Waals surface area contributed by atoms with Gasteiger partial charge in [-0.1, -0.05) is 51.5 Å². The van der Waals surface area contributed by atoms with Crippen LogP contribution in [0.4, 0.5) is 5.69 Å². The van der Waals surface area contributed by atoms with E-state index in [-0.39, 0.29) is 45.7 Å². The quantitative estimate of drug-likeness (QED) is 0.137. The molecule has 0 spiro atoms. The Balaban J connectivity index is 1.32. The minimum absolute atomic E-state index is 0.0294. The fraction of sp³-hybridized carbons (Fsp3) is 0.528. The lowest BCUT2D eigenvalue weighted by atomic mass is 9.44. The van der Waals surface area contributed by atoms with E-state index in [2.05, 4.69) is 32.7 Å². The Morgan fingerprint density at radius 2 is 1.89 bits per heavy atom. The molecule has 3 aliphatic carbocycles. The largest absolute Gasteiger partial charge is 0.488 e. The monoisotopic (exact) mass is 647 g/mol. The SMILES string of the molecule is C=C[C@]1(C)C[C@@H](OC(=O)CSc2cccc(NC(=O)c3ccc(C)c(B(O)O)c3)c2)[C@]2(C)[C@H](C)CC[C@]3(CCC(=O)[C@H]32)[C@@H](C)[C@@H]1O. The van der Waals surface area contributed by atoms with Gasteiger partial charge >= 0.3 is 13.1 Å². The Kier molecular flexibility index (Phi) is 9.68. The molecule has 3 fully saturated rings. The smallest absolute Gasteiger partial charge is 0.461 e. The number of aliphatic hydroxyl groups is 1. The lowest BCUT2D eigenvalue weighted by Crippen LogP contribution is -2.63. The van der Waals surface area contributed by atoms with Gasteiger partial charge in [0.15, 0.2) is 0 Å². The molecule has 0 radical (unpaired) electrons. The number of anilines is 1. The Morgan fingerprint density at radius 3 is 2.59 bits per heavy atom. The van der Waals surface area contributed by atoms with E-state index in [0.717, 1.165) is 24.2 Å². The van der Waals surface area contributed by atoms with Crippen LogP contribution in [0.5, 0.6) is 0 Å². The predicted molar refractivity (Wildman–Crippen MR) is 181 cm³/mol. The fourth-order valence-electron chi connectivity index (χ4n) is 8.76. The summed E-state index contributed by atoms with van der Waals surface area (Å²) in [5.41, 5.74) is 0.144. The lowest BCUT2D eigenvalue weighted by molar-refractivity contribution is -0.205. The number of rotatable bonds is 8. The summed E-state index contributed by atoms with van der Waals surface area (Å²) in [6.07, 6.45) is 3.92. The molecule has 0 saturated heterocycles. The number of amides is 1. The number of Topliss-reactive ketones (excluding diaryl/α,β-unsaturated/α-hetero) is 1. The molecule has 246 valence electrons. The first kappa shape index (κ1) is 34.4. The number of hydrogen-bond donors (Lipinski definition) is 4. The minimum atomic E-state index is -1.68. The number of hydrogen-bond acceptors (Lipinski definition) is 8. The molecule has 2 aromatic rings. The average Bonchev–Trinajstić information content (AvgIpc) is 3.38. The summed E-state index contributed by atoms with van der Waals surface area (Å²) in [6, 6.07) is 11.9. The maximum absolute atomic E-state index is 13.6. The Labute approximate surface area is 276 Å². The standard InChI is InChI=1S/C36H46BNO7S/c1-7-34(5)19-29(35(6)22(3)13-15-36(23(4)32(34)41)16-14-28(39)31(35)36)45-30(40)20-46-26-10-8-9-25(18-26)38-33(42)24-12-11-21(2)27(17-24)37(43)44/h7-12,17-18,22-23,29,31-32,41,43-44H,1,13-16,19-20H2,2-6H3,(H,38,42)/t22-,23+,29-,31+,32+,34-,35+,36+/m1/s1. The molecule has 8 atom stereocenters. The van der Waals surface area contributed by atoms with Crippen LogP contribution in [0.15, 0.2) is 60.0 Å². The molecule has 0 heterocycles. The van der Waals surface area contributed by atoms with Crippen LogP contribution in [0.1, 0.15) is 75.7 Å². The second kappa shape index (κ2) is 12.9. The number of nitrogens with one attached hydrogen (secondary N) is 1. The van der Waals surface area contributed by atoms with Crippen LogP contribution >= 0.6 is 11.8 Å². The molecule has 3 saturated carbocycles. The number of carbonyl (C=O) groups is 3. The normalized spacial score (nSPS) is 33.7. The van der Waals surface area contributed by atoms with E-state index in [0.29, 0.717) is 24.1 Å². The first-order valence-corrected chi connectivity index (χ1v) is 17.2. The van der Waals surface area contributed by atoms with Gasteiger partial charge in [0.05, 0.1) is 11.9 Å². The van der Waals surface area contributed by atoms with Crippen molar-refractivity contribution in [3.63, 3.8) is 0 Å². The maximum atomic E-state index is 13.6. The summed E-state index contributed by atoms with van der Waals surface area (Å²) in [7, 11) is -1.68. The number of ketones is 1. The van der Waals surface area contributed by atoms with Crippen molar-refractivity contribution in [1.82, 2.24) is 0 Å². The number of ether oxygens (including phenoxy) is 1. The Morgan fingerprint density at radius 1 is 1.15 bits per heavy atom. The second-order valence-corrected chi connectivity index (χ2v) is 15.3. The number of thioether (sulfide) groups is 1. The molecular weight excluding hydrogens is 601 g/mol. The average molecular weight is 648 g/mol. The molecule has 2 aromatic carbocycles. The summed E-state index contributed by atoms with van der Waals surface area (Å²) in [5, 5.41) is 33.8. The molecule has 3 aliphatic rings. The highest BCUT2D eigenvalue weighted by Gasteiger charge is 2.68. The molecule has 2 bridgehead atoms. The van der Waals surface area contributed by atoms with E-state index >= 15 is 0 Å². The fourth-order valence-corrected chi connectivity index (χ4v) is 9.50. The predicted octanol–water partition coefficient (Wildman–Crippen LogP) is 4.93. The zero-order chi connectivity index (χ0) is 33.6. The molecule has 1 amide bonds. The van der Waals surface area contributed by atoms with Crippen molar-refractivity contribution in [3.8, 4) is 0 Å². The van der Waals surface area contributed by atoms with E-state index in [1.165, 1.54) is 17.8 Å². The van der Waals surface area contributed by atoms with Gasteiger partial charge in [-0.05, 0) is 85.7 Å². The van der Waals surface area contributed by atoms with Crippen LogP contribution < -0.4 is 10.8 Å². The highest BCUT2D eigenvalue weighted by atomic mass is 32.2. The highest BCUT2D eigenvalue weighted by Crippen LogP contribution is 2.68. The van der Waals surface area contributed by atoms with Crippen LogP contribution in [-0.4, -0.2) is 57.9 Å². The molecule has 10 heteroatoms. The minimum Gasteiger partial charge on any atom is -0.461 e. The van der Waals surface area contributed by atoms with Crippen molar-refractivity contribution in [3.05, 3.63) is 66.2 Å². The molecule has 0 unspecified atom stereocenters. The molecule has 46 heavy (non-hydrogen) atoms. The first-order valence-electron chi connectivity index (χ1n) is 16.2. The van der Waals surface area contributed by atoms with Gasteiger partial charge < -0.3 is 25.2 Å². The topological polar surface area (TPSA) is 133 Å². The van der Waals surface area contributed by atoms with E-state index in [1.54, 1.807) is 43.3 Å². The number of esters is 1. The van der Waals surface area contributed by atoms with Gasteiger partial charge in [0.1, 0.15) is 11.9 Å². The molecular formula is C36H46BNO7S. The third kappa shape index (κ3) is 5.98. The lowest BCUT2D eigenvalue weighted by Gasteiger charge is -2.61. The van der Waals surface area contributed by atoms with Crippen molar-refractivity contribution in [1.29, 1.82) is 0 Å². The van der Waals surface area contributed by atoms with E-state index < -0.39 is 42.0 Å². The van der Waals surface area contributed by atoms with E-state index in [1.807, 2.05) is 13.0 Å². The number of aryl methyl sites for hydroxylation is 1. The zero-order valence-electron chi connectivity index (χ0n) is 27.4. The van der Waals surface area contributed by atoms with Gasteiger partial charge in [-0.25, -0.2) is 0 Å². The van der Waals surface area contributed by atoms with Gasteiger partial charge in [-0.2, -0.15) is 0 Å². The third-order valence-corrected chi connectivity index (χ3v) is 12.8. The van der Waals surface area contributed by atoms with Crippen LogP contribution in [0.25, 0.3) is 0 Å². The molecule has 8 nitrogen and oxygen atoms in total. The van der Waals surface area contributed by atoms with Gasteiger partial charge in [0.25, 0.3) is 5.91 Å². The maximum Gasteiger partial charge on any atom is 0.488 e. The summed E-state index contributed by atoms with van der Waals surface area (Å²) in [4.78, 5) is 40.8. The van der Waals surface area contributed by atoms with Crippen molar-refractivity contribution in [2.45, 2.75) is 83.8 Å². The second-order valence-electron chi connectivity index (χ2n) is 14.3. The summed E-state index contributed by atoms with van der Waals surface area (Å²) >= 11 is 1.29. The van der Waals surface area contributed by atoms with Crippen molar-refractivity contribution in [2.24, 2.45) is 34.0 Å². The van der Waals surface area contributed by atoms with Gasteiger partial charge in [-0.3, -0.25) is 14.4 Å². The zero-order valence-corrected chi connectivity index (χ0v) is 28.2. The molecule has 4 N–H and O–H groups in total.